The van der Waals surface area contributed by atoms with E-state index in [2.05, 4.69) is 27.1 Å². The molecule has 9 nitrogen and oxygen atoms in total. The molecule has 0 unspecified atom stereocenters. The van der Waals surface area contributed by atoms with E-state index in [1.165, 1.54) is 0 Å². The number of hydrogen-bond acceptors (Lipinski definition) is 7. The van der Waals surface area contributed by atoms with Gasteiger partial charge < -0.3 is 9.47 Å². The second-order valence-corrected chi connectivity index (χ2v) is 13.5. The van der Waals surface area contributed by atoms with Crippen LogP contribution in [0.25, 0.3) is 22.3 Å². The molecule has 2 aliphatic rings. The van der Waals surface area contributed by atoms with Crippen molar-refractivity contribution in [2.45, 2.75) is 90.4 Å². The smallest absolute Gasteiger partial charge is 0.419 e. The molecular formula is C29H36BrN5O4. The van der Waals surface area contributed by atoms with Crippen LogP contribution in [0.3, 0.4) is 0 Å². The van der Waals surface area contributed by atoms with E-state index in [4.69, 9.17) is 19.6 Å². The van der Waals surface area contributed by atoms with E-state index >= 15 is 0 Å². The fraction of sp³-hybridized carbons (Fsp3) is 0.552. The molecular weight excluding hydrogens is 562 g/mol. The molecule has 10 heteroatoms. The number of aromatic nitrogens is 4. The van der Waals surface area contributed by atoms with E-state index in [0.717, 1.165) is 63.0 Å². The number of hydrogen-bond donors (Lipinski definition) is 0. The normalized spacial score (nSPS) is 19.5. The first kappa shape index (κ1) is 27.6. The quantitative estimate of drug-likeness (QED) is 0.305. The van der Waals surface area contributed by atoms with E-state index in [-0.39, 0.29) is 18.5 Å². The Morgan fingerprint density at radius 3 is 2.26 bits per heavy atom. The number of ether oxygens (including phenoxy) is 2. The average Bonchev–Trinajstić information content (AvgIpc) is 3.54. The van der Waals surface area contributed by atoms with Crippen LogP contribution in [-0.4, -0.2) is 54.6 Å². The van der Waals surface area contributed by atoms with Crippen LogP contribution in [0, 0.1) is 5.92 Å². The van der Waals surface area contributed by atoms with Crippen LogP contribution >= 0.6 is 15.9 Å². The zero-order valence-electron chi connectivity index (χ0n) is 23.4. The van der Waals surface area contributed by atoms with Gasteiger partial charge in [-0.05, 0) is 91.3 Å². The maximum Gasteiger partial charge on any atom is 0.419 e. The molecule has 0 aliphatic heterocycles. The summed E-state index contributed by atoms with van der Waals surface area (Å²) in [5, 5.41) is 4.99. The van der Waals surface area contributed by atoms with Gasteiger partial charge in [-0.1, -0.05) is 15.9 Å². The number of rotatable bonds is 5. The zero-order valence-corrected chi connectivity index (χ0v) is 25.0. The van der Waals surface area contributed by atoms with E-state index in [1.807, 2.05) is 29.1 Å². The molecule has 0 spiro atoms. The SMILES string of the molecule is CC(C)(C)OC(=O)N(CC1CC(n2cc(-c3cnc4ccc(Br)cc4n3)c(C3CC3)n2)C1)C(=O)OC(C)(C)C. The van der Waals surface area contributed by atoms with Crippen LogP contribution in [0.15, 0.2) is 35.1 Å². The molecule has 0 atom stereocenters. The summed E-state index contributed by atoms with van der Waals surface area (Å²) in [6.45, 7) is 10.9. The minimum atomic E-state index is -0.716. The summed E-state index contributed by atoms with van der Waals surface area (Å²) in [4.78, 5) is 36.4. The summed E-state index contributed by atoms with van der Waals surface area (Å²) in [5.74, 6) is 0.580. The van der Waals surface area contributed by atoms with Gasteiger partial charge in [0.1, 0.15) is 11.2 Å². The number of carbonyl (C=O) groups is 2. The molecule has 1 aromatic carbocycles. The highest BCUT2D eigenvalue weighted by Crippen LogP contribution is 2.45. The van der Waals surface area contributed by atoms with Crippen LogP contribution in [0.5, 0.6) is 0 Å². The Bertz CT molecular complexity index is 1370. The van der Waals surface area contributed by atoms with Gasteiger partial charge in [-0.15, -0.1) is 0 Å². The molecule has 2 aliphatic carbocycles. The predicted molar refractivity (Wildman–Crippen MR) is 151 cm³/mol. The van der Waals surface area contributed by atoms with Gasteiger partial charge in [-0.3, -0.25) is 9.67 Å². The van der Waals surface area contributed by atoms with Crippen LogP contribution < -0.4 is 0 Å². The molecule has 5 rings (SSSR count). The summed E-state index contributed by atoms with van der Waals surface area (Å²) >= 11 is 3.52. The highest BCUT2D eigenvalue weighted by Gasteiger charge is 2.39. The van der Waals surface area contributed by atoms with Crippen molar-refractivity contribution in [2.24, 2.45) is 5.92 Å². The summed E-state index contributed by atoms with van der Waals surface area (Å²) in [6, 6.07) is 6.07. The highest BCUT2D eigenvalue weighted by atomic mass is 79.9. The molecule has 2 fully saturated rings. The summed E-state index contributed by atoms with van der Waals surface area (Å²) in [5.41, 5.74) is 3.18. The topological polar surface area (TPSA) is 99.4 Å². The van der Waals surface area contributed by atoms with Crippen molar-refractivity contribution in [3.63, 3.8) is 0 Å². The Hall–Kier alpha value is -3.01. The second kappa shape index (κ2) is 10.2. The summed E-state index contributed by atoms with van der Waals surface area (Å²) in [7, 11) is 0. The lowest BCUT2D eigenvalue weighted by atomic mass is 9.80. The first-order valence-corrected chi connectivity index (χ1v) is 14.3. The maximum absolute atomic E-state index is 12.9. The molecule has 39 heavy (non-hydrogen) atoms. The average molecular weight is 599 g/mol. The minimum absolute atomic E-state index is 0.130. The lowest BCUT2D eigenvalue weighted by Crippen LogP contribution is -2.47. The lowest BCUT2D eigenvalue weighted by molar-refractivity contribution is -0.00641. The third-order valence-corrected chi connectivity index (χ3v) is 7.25. The molecule has 2 amide bonds. The Labute approximate surface area is 237 Å². The van der Waals surface area contributed by atoms with Gasteiger partial charge in [-0.25, -0.2) is 19.5 Å². The number of imide groups is 1. The number of nitrogens with zero attached hydrogens (tertiary/aromatic N) is 5. The number of carbonyl (C=O) groups excluding carboxylic acids is 2. The third kappa shape index (κ3) is 6.59. The highest BCUT2D eigenvalue weighted by molar-refractivity contribution is 9.10. The summed E-state index contributed by atoms with van der Waals surface area (Å²) in [6.07, 6.45) is 6.40. The van der Waals surface area contributed by atoms with Crippen molar-refractivity contribution in [2.75, 3.05) is 6.54 Å². The van der Waals surface area contributed by atoms with Gasteiger partial charge in [0.2, 0.25) is 0 Å². The van der Waals surface area contributed by atoms with Crippen molar-refractivity contribution >= 4 is 39.1 Å². The zero-order chi connectivity index (χ0) is 28.1. The summed E-state index contributed by atoms with van der Waals surface area (Å²) < 4.78 is 14.0. The first-order chi connectivity index (χ1) is 18.3. The standard InChI is InChI=1S/C29H36BrN5O4/c1-28(2,3)38-26(36)34(27(37)39-29(4,5)6)15-17-11-20(12-17)35-16-21(25(33-35)18-7-8-18)24-14-31-22-10-9-19(30)13-23(22)32-24/h9-10,13-14,16-18,20H,7-8,11-12,15H2,1-6H3. The molecule has 0 N–H and O–H groups in total. The van der Waals surface area contributed by atoms with E-state index in [9.17, 15) is 9.59 Å². The van der Waals surface area contributed by atoms with Crippen molar-refractivity contribution < 1.29 is 19.1 Å². The molecule has 0 bridgehead atoms. The van der Waals surface area contributed by atoms with E-state index < -0.39 is 23.4 Å². The molecule has 2 aromatic heterocycles. The van der Waals surface area contributed by atoms with Gasteiger partial charge in [0, 0.05) is 28.7 Å². The number of benzene rings is 1. The van der Waals surface area contributed by atoms with Gasteiger partial charge in [0.15, 0.2) is 0 Å². The van der Waals surface area contributed by atoms with Crippen molar-refractivity contribution in [3.8, 4) is 11.3 Å². The number of fused-ring (bicyclic) bond motifs is 1. The van der Waals surface area contributed by atoms with Crippen LogP contribution in [0.4, 0.5) is 9.59 Å². The fourth-order valence-corrected chi connectivity index (χ4v) is 5.09. The van der Waals surface area contributed by atoms with Gasteiger partial charge in [-0.2, -0.15) is 5.10 Å². The molecule has 0 radical (unpaired) electrons. The molecule has 3 aromatic rings. The number of amides is 2. The molecule has 0 saturated heterocycles. The third-order valence-electron chi connectivity index (χ3n) is 6.76. The lowest BCUT2D eigenvalue weighted by Gasteiger charge is -2.38. The second-order valence-electron chi connectivity index (χ2n) is 12.6. The van der Waals surface area contributed by atoms with Gasteiger partial charge >= 0.3 is 12.2 Å². The molecule has 2 heterocycles. The largest absolute Gasteiger partial charge is 0.443 e. The van der Waals surface area contributed by atoms with Crippen LogP contribution in [0.1, 0.15) is 84.9 Å². The Morgan fingerprint density at radius 2 is 1.67 bits per heavy atom. The van der Waals surface area contributed by atoms with Crippen LogP contribution in [0.2, 0.25) is 0 Å². The maximum atomic E-state index is 12.9. The van der Waals surface area contributed by atoms with Crippen molar-refractivity contribution in [1.82, 2.24) is 24.6 Å². The Balaban J connectivity index is 1.31. The van der Waals surface area contributed by atoms with Crippen LogP contribution in [-0.2, 0) is 9.47 Å². The molecule has 208 valence electrons. The number of halogens is 1. The van der Waals surface area contributed by atoms with Gasteiger partial charge in [0.05, 0.1) is 34.7 Å². The predicted octanol–water partition coefficient (Wildman–Crippen LogP) is 7.26. The monoisotopic (exact) mass is 597 g/mol. The molecule has 2 saturated carbocycles. The fourth-order valence-electron chi connectivity index (χ4n) is 4.74. The van der Waals surface area contributed by atoms with Crippen molar-refractivity contribution in [1.29, 1.82) is 0 Å². The Kier molecular flexibility index (Phi) is 7.20. The van der Waals surface area contributed by atoms with Gasteiger partial charge in [0.25, 0.3) is 0 Å². The Morgan fingerprint density at radius 1 is 1.03 bits per heavy atom. The van der Waals surface area contributed by atoms with Crippen molar-refractivity contribution in [3.05, 3.63) is 40.8 Å². The van der Waals surface area contributed by atoms with E-state index in [0.29, 0.717) is 5.92 Å². The first-order valence-electron chi connectivity index (χ1n) is 13.5. The van der Waals surface area contributed by atoms with E-state index in [1.54, 1.807) is 41.5 Å². The minimum Gasteiger partial charge on any atom is -0.443 e.